The molecule has 0 bridgehead atoms. The summed E-state index contributed by atoms with van der Waals surface area (Å²) in [6.07, 6.45) is 8.62. The summed E-state index contributed by atoms with van der Waals surface area (Å²) in [6.45, 7) is 0.731. The number of aliphatic imine (C=N–C) groups is 1. The van der Waals surface area contributed by atoms with E-state index in [2.05, 4.69) is 44.6 Å². The number of guanidine groups is 1. The van der Waals surface area contributed by atoms with Crippen molar-refractivity contribution in [3.63, 3.8) is 0 Å². The van der Waals surface area contributed by atoms with Crippen molar-refractivity contribution in [2.24, 2.45) is 4.99 Å². The van der Waals surface area contributed by atoms with E-state index in [-0.39, 0.29) is 24.0 Å². The Morgan fingerprint density at radius 2 is 1.92 bits per heavy atom. The van der Waals surface area contributed by atoms with Gasteiger partial charge in [-0.3, -0.25) is 4.99 Å². The molecule has 1 aromatic heterocycles. The molecule has 2 N–H and O–H groups in total. The van der Waals surface area contributed by atoms with Gasteiger partial charge in [-0.05, 0) is 49.8 Å². The highest BCUT2D eigenvalue weighted by Gasteiger charge is 2.23. The van der Waals surface area contributed by atoms with E-state index in [1.54, 1.807) is 0 Å². The Kier molecular flexibility index (Phi) is 6.56. The second kappa shape index (κ2) is 8.88. The van der Waals surface area contributed by atoms with E-state index in [0.717, 1.165) is 36.7 Å². The molecule has 0 atom stereocenters. The number of para-hydroxylation sites is 1. The van der Waals surface area contributed by atoms with Crippen LogP contribution in [0, 0.1) is 0 Å². The predicted molar refractivity (Wildman–Crippen MR) is 117 cm³/mol. The minimum Gasteiger partial charge on any atom is -0.354 e. The smallest absolute Gasteiger partial charge is 0.191 e. The van der Waals surface area contributed by atoms with Crippen LogP contribution in [0.25, 0.3) is 5.69 Å². The largest absolute Gasteiger partial charge is 0.354 e. The summed E-state index contributed by atoms with van der Waals surface area (Å²) in [5.41, 5.74) is 5.11. The number of hydrogen-bond donors (Lipinski definition) is 2. The summed E-state index contributed by atoms with van der Waals surface area (Å²) < 4.78 is 2.13. The Labute approximate surface area is 172 Å². The number of rotatable bonds is 4. The van der Waals surface area contributed by atoms with Crippen molar-refractivity contribution >= 4 is 29.9 Å². The minimum atomic E-state index is 0. The lowest BCUT2D eigenvalue weighted by molar-refractivity contribution is 0.611. The summed E-state index contributed by atoms with van der Waals surface area (Å²) in [5.74, 6) is 0.896. The molecule has 0 unspecified atom stereocenters. The average molecular weight is 465 g/mol. The zero-order chi connectivity index (χ0) is 17.1. The van der Waals surface area contributed by atoms with Gasteiger partial charge in [0.15, 0.2) is 5.96 Å². The number of aromatic nitrogens is 2. The molecule has 0 aliphatic heterocycles. The lowest BCUT2D eigenvalue weighted by Crippen LogP contribution is -2.42. The van der Waals surface area contributed by atoms with Crippen molar-refractivity contribution in [1.82, 2.24) is 20.4 Å². The molecule has 0 radical (unpaired) electrons. The first-order valence-electron chi connectivity index (χ1n) is 9.47. The molecular formula is C20H28IN5. The van der Waals surface area contributed by atoms with Crippen molar-refractivity contribution in [3.05, 3.63) is 47.3 Å². The van der Waals surface area contributed by atoms with Crippen LogP contribution in [0.1, 0.15) is 49.1 Å². The standard InChI is InChI=1S/C20H27N5.HI/c1-21-20(23-15-8-5-6-9-15)22-14-18-17-12-7-13-19(17)25(24-18)16-10-3-2-4-11-16;/h2-4,10-11,15H,5-9,12-14H2,1H3,(H2,21,22,23);1H. The Morgan fingerprint density at radius 1 is 1.15 bits per heavy atom. The van der Waals surface area contributed by atoms with Gasteiger partial charge in [-0.25, -0.2) is 4.68 Å². The van der Waals surface area contributed by atoms with Crippen LogP contribution in [0.3, 0.4) is 0 Å². The molecule has 26 heavy (non-hydrogen) atoms. The highest BCUT2D eigenvalue weighted by Crippen LogP contribution is 2.27. The second-order valence-electron chi connectivity index (χ2n) is 7.02. The van der Waals surface area contributed by atoms with Gasteiger partial charge in [0.25, 0.3) is 0 Å². The van der Waals surface area contributed by atoms with Crippen LogP contribution in [0.15, 0.2) is 35.3 Å². The first-order valence-corrected chi connectivity index (χ1v) is 9.47. The van der Waals surface area contributed by atoms with E-state index in [1.165, 1.54) is 43.4 Å². The number of nitrogens with zero attached hydrogens (tertiary/aromatic N) is 3. The summed E-state index contributed by atoms with van der Waals surface area (Å²) in [5, 5.41) is 11.9. The van der Waals surface area contributed by atoms with Gasteiger partial charge in [-0.2, -0.15) is 5.10 Å². The van der Waals surface area contributed by atoms with Crippen LogP contribution in [0.5, 0.6) is 0 Å². The Hall–Kier alpha value is -1.57. The Bertz CT molecular complexity index is 747. The maximum absolute atomic E-state index is 4.91. The summed E-state index contributed by atoms with van der Waals surface area (Å²) in [7, 11) is 1.84. The van der Waals surface area contributed by atoms with Gasteiger partial charge in [0, 0.05) is 18.8 Å². The fourth-order valence-corrected chi connectivity index (χ4v) is 4.06. The molecule has 0 amide bonds. The summed E-state index contributed by atoms with van der Waals surface area (Å²) in [4.78, 5) is 4.38. The highest BCUT2D eigenvalue weighted by molar-refractivity contribution is 14.0. The molecule has 1 fully saturated rings. The molecular weight excluding hydrogens is 437 g/mol. The van der Waals surface area contributed by atoms with Crippen molar-refractivity contribution in [2.45, 2.75) is 57.5 Å². The van der Waals surface area contributed by atoms with Crippen LogP contribution in [-0.2, 0) is 19.4 Å². The Balaban J connectivity index is 0.00000196. The van der Waals surface area contributed by atoms with Crippen molar-refractivity contribution < 1.29 is 0 Å². The van der Waals surface area contributed by atoms with Crippen LogP contribution in [0.2, 0.25) is 0 Å². The van der Waals surface area contributed by atoms with E-state index >= 15 is 0 Å². The number of benzene rings is 1. The van der Waals surface area contributed by atoms with Gasteiger partial charge >= 0.3 is 0 Å². The maximum Gasteiger partial charge on any atom is 0.191 e. The first kappa shape index (κ1) is 19.2. The monoisotopic (exact) mass is 465 g/mol. The highest BCUT2D eigenvalue weighted by atomic mass is 127. The predicted octanol–water partition coefficient (Wildman–Crippen LogP) is 3.59. The van der Waals surface area contributed by atoms with E-state index in [9.17, 15) is 0 Å². The number of halogens is 1. The first-order chi connectivity index (χ1) is 12.3. The van der Waals surface area contributed by atoms with Crippen molar-refractivity contribution in [3.8, 4) is 5.69 Å². The molecule has 1 saturated carbocycles. The van der Waals surface area contributed by atoms with Gasteiger partial charge < -0.3 is 10.6 Å². The molecule has 6 heteroatoms. The topological polar surface area (TPSA) is 54.2 Å². The zero-order valence-electron chi connectivity index (χ0n) is 15.4. The molecule has 140 valence electrons. The Morgan fingerprint density at radius 3 is 2.65 bits per heavy atom. The molecule has 2 aromatic rings. The van der Waals surface area contributed by atoms with Crippen LogP contribution < -0.4 is 10.6 Å². The molecule has 4 rings (SSSR count). The molecule has 0 spiro atoms. The fraction of sp³-hybridized carbons (Fsp3) is 0.500. The molecule has 1 aromatic carbocycles. The van der Waals surface area contributed by atoms with Crippen LogP contribution in [-0.4, -0.2) is 28.8 Å². The molecule has 5 nitrogen and oxygen atoms in total. The van der Waals surface area contributed by atoms with Crippen molar-refractivity contribution in [2.75, 3.05) is 7.05 Å². The van der Waals surface area contributed by atoms with E-state index < -0.39 is 0 Å². The SMILES string of the molecule is CN=C(NCc1nn(-c2ccccc2)c2c1CCC2)NC1CCCC1.I. The molecule has 0 saturated heterocycles. The van der Waals surface area contributed by atoms with Gasteiger partial charge in [0.2, 0.25) is 0 Å². The van der Waals surface area contributed by atoms with Gasteiger partial charge in [-0.15, -0.1) is 24.0 Å². The molecule has 1 heterocycles. The normalized spacial score (nSPS) is 17.0. The average Bonchev–Trinajstić information content (AvgIpc) is 3.38. The number of hydrogen-bond acceptors (Lipinski definition) is 2. The zero-order valence-corrected chi connectivity index (χ0v) is 17.7. The van der Waals surface area contributed by atoms with Crippen LogP contribution in [0.4, 0.5) is 0 Å². The fourth-order valence-electron chi connectivity index (χ4n) is 4.06. The minimum absolute atomic E-state index is 0. The third-order valence-electron chi connectivity index (χ3n) is 5.36. The third-order valence-corrected chi connectivity index (χ3v) is 5.36. The summed E-state index contributed by atoms with van der Waals surface area (Å²) >= 11 is 0. The summed E-state index contributed by atoms with van der Waals surface area (Å²) in [6, 6.07) is 11.0. The maximum atomic E-state index is 4.91. The molecule has 2 aliphatic carbocycles. The lowest BCUT2D eigenvalue weighted by atomic mass is 10.2. The third kappa shape index (κ3) is 4.05. The number of fused-ring (bicyclic) bond motifs is 1. The van der Waals surface area contributed by atoms with Crippen molar-refractivity contribution in [1.29, 1.82) is 0 Å². The van der Waals surface area contributed by atoms with E-state index in [1.807, 2.05) is 13.1 Å². The quantitative estimate of drug-likeness (QED) is 0.413. The van der Waals surface area contributed by atoms with Crippen LogP contribution >= 0.6 is 24.0 Å². The van der Waals surface area contributed by atoms with Gasteiger partial charge in [-0.1, -0.05) is 31.0 Å². The number of nitrogens with one attached hydrogen (secondary N) is 2. The van der Waals surface area contributed by atoms with E-state index in [0.29, 0.717) is 6.04 Å². The van der Waals surface area contributed by atoms with E-state index in [4.69, 9.17) is 5.10 Å². The van der Waals surface area contributed by atoms with Gasteiger partial charge in [0.05, 0.1) is 17.9 Å². The lowest BCUT2D eigenvalue weighted by Gasteiger charge is -2.16. The second-order valence-corrected chi connectivity index (χ2v) is 7.02. The molecule has 2 aliphatic rings. The van der Waals surface area contributed by atoms with Gasteiger partial charge in [0.1, 0.15) is 0 Å².